The zero-order valence-corrected chi connectivity index (χ0v) is 11.5. The number of amides is 1. The number of carbonyl (C=O) groups is 1. The van der Waals surface area contributed by atoms with Gasteiger partial charge in [-0.25, -0.2) is 13.6 Å². The highest BCUT2D eigenvalue weighted by atomic mass is 32.2. The molecule has 18 heavy (non-hydrogen) atoms. The number of nitrogens with one attached hydrogen (secondary N) is 1. The van der Waals surface area contributed by atoms with Crippen LogP contribution in [0.2, 0.25) is 0 Å². The number of carbonyl (C=O) groups excluding carboxylic acids is 1. The number of hydrogen-bond donors (Lipinski definition) is 2. The highest BCUT2D eigenvalue weighted by Crippen LogP contribution is 2.18. The topological polar surface area (TPSA) is 107 Å². The van der Waals surface area contributed by atoms with E-state index in [9.17, 15) is 13.2 Å². The summed E-state index contributed by atoms with van der Waals surface area (Å²) in [5, 5.41) is 11.4. The van der Waals surface area contributed by atoms with Gasteiger partial charge in [0.05, 0.1) is 0 Å². The minimum absolute atomic E-state index is 0.0204. The van der Waals surface area contributed by atoms with E-state index in [-0.39, 0.29) is 22.5 Å². The van der Waals surface area contributed by atoms with Crippen LogP contribution in [0.15, 0.2) is 11.1 Å². The molecule has 7 nitrogen and oxygen atoms in total. The van der Waals surface area contributed by atoms with Gasteiger partial charge in [0, 0.05) is 19.2 Å². The van der Waals surface area contributed by atoms with E-state index in [4.69, 9.17) is 5.14 Å². The van der Waals surface area contributed by atoms with Gasteiger partial charge in [0.1, 0.15) is 4.90 Å². The van der Waals surface area contributed by atoms with Crippen molar-refractivity contribution in [3.63, 3.8) is 0 Å². The molecule has 0 aliphatic heterocycles. The van der Waals surface area contributed by atoms with Crippen LogP contribution in [0.25, 0.3) is 0 Å². The second-order valence-electron chi connectivity index (χ2n) is 4.24. The molecule has 1 atom stereocenters. The lowest BCUT2D eigenvalue weighted by molar-refractivity contribution is -0.119. The fourth-order valence-corrected chi connectivity index (χ4v) is 2.23. The summed E-state index contributed by atoms with van der Waals surface area (Å²) < 4.78 is 23.9. The van der Waals surface area contributed by atoms with Crippen molar-refractivity contribution in [3.8, 4) is 0 Å². The van der Waals surface area contributed by atoms with E-state index in [0.29, 0.717) is 0 Å². The molecule has 1 aromatic heterocycles. The predicted octanol–water partition coefficient (Wildman–Crippen LogP) is 0.442. The smallest absolute Gasteiger partial charge is 0.243 e. The molecule has 0 aromatic carbocycles. The second-order valence-corrected chi connectivity index (χ2v) is 5.77. The zero-order valence-electron chi connectivity index (χ0n) is 10.7. The summed E-state index contributed by atoms with van der Waals surface area (Å²) in [6.45, 7) is 3.75. The molecule has 0 fully saturated rings. The highest BCUT2D eigenvalue weighted by molar-refractivity contribution is 7.89. The quantitative estimate of drug-likeness (QED) is 0.812. The first kappa shape index (κ1) is 14.7. The van der Waals surface area contributed by atoms with Gasteiger partial charge in [0.15, 0.2) is 5.82 Å². The van der Waals surface area contributed by atoms with E-state index in [1.54, 1.807) is 14.0 Å². The average Bonchev–Trinajstić information content (AvgIpc) is 2.59. The predicted molar refractivity (Wildman–Crippen MR) is 67.3 cm³/mol. The van der Waals surface area contributed by atoms with Crippen molar-refractivity contribution < 1.29 is 13.2 Å². The second kappa shape index (κ2) is 5.49. The van der Waals surface area contributed by atoms with Gasteiger partial charge in [-0.05, 0) is 6.42 Å². The molecule has 1 aromatic rings. The van der Waals surface area contributed by atoms with Gasteiger partial charge >= 0.3 is 0 Å². The Kier molecular flexibility index (Phi) is 4.47. The van der Waals surface area contributed by atoms with E-state index in [2.05, 4.69) is 10.4 Å². The third-order valence-electron chi connectivity index (χ3n) is 2.51. The maximum Gasteiger partial charge on any atom is 0.243 e. The van der Waals surface area contributed by atoms with Gasteiger partial charge in [0.2, 0.25) is 15.9 Å². The van der Waals surface area contributed by atoms with E-state index in [0.717, 1.165) is 12.8 Å². The Morgan fingerprint density at radius 2 is 2.22 bits per heavy atom. The van der Waals surface area contributed by atoms with Crippen LogP contribution in [-0.4, -0.2) is 24.1 Å². The number of aryl methyl sites for hydroxylation is 1. The maximum atomic E-state index is 11.8. The molecule has 0 spiro atoms. The number of sulfonamides is 1. The molecular formula is C10H18N4O3S. The molecule has 1 rings (SSSR count). The summed E-state index contributed by atoms with van der Waals surface area (Å²) in [5.74, 6) is -0.487. The molecule has 1 unspecified atom stereocenters. The SMILES string of the molecule is CCCC(C)C(=O)Nc1nn(C)cc1S(N)(=O)=O. The molecule has 0 bridgehead atoms. The number of nitrogens with two attached hydrogens (primary N) is 1. The first-order valence-electron chi connectivity index (χ1n) is 5.63. The minimum Gasteiger partial charge on any atom is -0.308 e. The van der Waals surface area contributed by atoms with Gasteiger partial charge in [-0.2, -0.15) is 5.10 Å². The highest BCUT2D eigenvalue weighted by Gasteiger charge is 2.21. The monoisotopic (exact) mass is 274 g/mol. The molecule has 0 aliphatic carbocycles. The normalized spacial score (nSPS) is 13.3. The Hall–Kier alpha value is -1.41. The number of aromatic nitrogens is 2. The Labute approximate surface area is 106 Å². The number of hydrogen-bond acceptors (Lipinski definition) is 4. The fourth-order valence-electron chi connectivity index (χ4n) is 1.57. The van der Waals surface area contributed by atoms with Crippen LogP contribution >= 0.6 is 0 Å². The maximum absolute atomic E-state index is 11.8. The number of rotatable bonds is 5. The van der Waals surface area contributed by atoms with Gasteiger partial charge < -0.3 is 5.32 Å². The van der Waals surface area contributed by atoms with Crippen LogP contribution in [-0.2, 0) is 21.9 Å². The molecule has 0 radical (unpaired) electrons. The lowest BCUT2D eigenvalue weighted by Crippen LogP contribution is -2.22. The third-order valence-corrected chi connectivity index (χ3v) is 3.42. The Balaban J connectivity index is 2.95. The molecule has 8 heteroatoms. The van der Waals surface area contributed by atoms with E-state index in [1.165, 1.54) is 10.9 Å². The Morgan fingerprint density at radius 1 is 1.61 bits per heavy atom. The molecule has 3 N–H and O–H groups in total. The van der Waals surface area contributed by atoms with Crippen molar-refractivity contribution in [1.82, 2.24) is 9.78 Å². The minimum atomic E-state index is -3.89. The summed E-state index contributed by atoms with van der Waals surface area (Å²) in [5.41, 5.74) is 0. The molecular weight excluding hydrogens is 256 g/mol. The number of nitrogens with zero attached hydrogens (tertiary/aromatic N) is 2. The Bertz CT molecular complexity index is 535. The van der Waals surface area contributed by atoms with E-state index >= 15 is 0 Å². The third kappa shape index (κ3) is 3.54. The van der Waals surface area contributed by atoms with Gasteiger partial charge in [-0.3, -0.25) is 9.48 Å². The Morgan fingerprint density at radius 3 is 2.72 bits per heavy atom. The van der Waals surface area contributed by atoms with Crippen LogP contribution < -0.4 is 10.5 Å². The van der Waals surface area contributed by atoms with Crippen molar-refractivity contribution in [2.24, 2.45) is 18.1 Å². The zero-order chi connectivity index (χ0) is 13.9. The standard InChI is InChI=1S/C10H18N4O3S/c1-4-5-7(2)10(15)12-9-8(18(11,16)17)6-14(3)13-9/h6-7H,4-5H2,1-3H3,(H2,11,16,17)(H,12,13,15). The number of primary sulfonamides is 1. The van der Waals surface area contributed by atoms with Crippen molar-refractivity contribution in [3.05, 3.63) is 6.20 Å². The average molecular weight is 274 g/mol. The summed E-state index contributed by atoms with van der Waals surface area (Å²) >= 11 is 0. The van der Waals surface area contributed by atoms with Crippen molar-refractivity contribution in [2.45, 2.75) is 31.6 Å². The first-order chi connectivity index (χ1) is 8.25. The van der Waals surface area contributed by atoms with Gasteiger partial charge in [-0.1, -0.05) is 20.3 Å². The number of anilines is 1. The van der Waals surface area contributed by atoms with E-state index in [1.807, 2.05) is 6.92 Å². The van der Waals surface area contributed by atoms with Crippen molar-refractivity contribution in [2.75, 3.05) is 5.32 Å². The van der Waals surface area contributed by atoms with Crippen molar-refractivity contribution in [1.29, 1.82) is 0 Å². The van der Waals surface area contributed by atoms with Crippen LogP contribution in [0.1, 0.15) is 26.7 Å². The summed E-state index contributed by atoms with van der Waals surface area (Å²) in [4.78, 5) is 11.6. The van der Waals surface area contributed by atoms with Gasteiger partial charge in [0.25, 0.3) is 0 Å². The molecule has 0 saturated heterocycles. The van der Waals surface area contributed by atoms with Crippen LogP contribution in [0, 0.1) is 5.92 Å². The van der Waals surface area contributed by atoms with E-state index < -0.39 is 10.0 Å². The molecule has 0 saturated carbocycles. The summed E-state index contributed by atoms with van der Waals surface area (Å²) in [6.07, 6.45) is 2.86. The van der Waals surface area contributed by atoms with Crippen LogP contribution in [0.5, 0.6) is 0 Å². The molecule has 1 amide bonds. The van der Waals surface area contributed by atoms with Crippen LogP contribution in [0.3, 0.4) is 0 Å². The first-order valence-corrected chi connectivity index (χ1v) is 7.17. The largest absolute Gasteiger partial charge is 0.308 e. The van der Waals surface area contributed by atoms with Crippen LogP contribution in [0.4, 0.5) is 5.82 Å². The summed E-state index contributed by atoms with van der Waals surface area (Å²) in [6, 6.07) is 0. The lowest BCUT2D eigenvalue weighted by Gasteiger charge is -2.09. The van der Waals surface area contributed by atoms with Gasteiger partial charge in [-0.15, -0.1) is 0 Å². The molecule has 0 aliphatic rings. The van der Waals surface area contributed by atoms with Crippen molar-refractivity contribution >= 4 is 21.7 Å². The summed E-state index contributed by atoms with van der Waals surface area (Å²) in [7, 11) is -2.34. The molecule has 102 valence electrons. The lowest BCUT2D eigenvalue weighted by atomic mass is 10.1. The fraction of sp³-hybridized carbons (Fsp3) is 0.600. The molecule has 1 heterocycles.